The van der Waals surface area contributed by atoms with Crippen LogP contribution in [0.15, 0.2) is 12.1 Å². The van der Waals surface area contributed by atoms with Crippen LogP contribution in [0.5, 0.6) is 0 Å². The van der Waals surface area contributed by atoms with Crippen molar-refractivity contribution in [3.63, 3.8) is 0 Å². The topological polar surface area (TPSA) is 27.0 Å². The lowest BCUT2D eigenvalue weighted by atomic mass is 10.1. The minimum absolute atomic E-state index is 0.201. The quantitative estimate of drug-likeness (QED) is 0.749. The van der Waals surface area contributed by atoms with E-state index in [1.165, 1.54) is 12.1 Å². The van der Waals surface area contributed by atoms with Crippen LogP contribution in [-0.4, -0.2) is 12.6 Å². The van der Waals surface area contributed by atoms with Crippen LogP contribution in [0.2, 0.25) is 0 Å². The summed E-state index contributed by atoms with van der Waals surface area (Å²) >= 11 is 0. The number of nitrogens with zero attached hydrogens (tertiary/aromatic N) is 2. The molecule has 2 atom stereocenters. The highest BCUT2D eigenvalue weighted by atomic mass is 19.2. The Kier molecular flexibility index (Phi) is 3.01. The van der Waals surface area contributed by atoms with Crippen LogP contribution in [-0.2, 0) is 0 Å². The zero-order chi connectivity index (χ0) is 12.6. The number of hydrogen-bond acceptors (Lipinski definition) is 2. The van der Waals surface area contributed by atoms with E-state index in [0.717, 1.165) is 13.0 Å². The van der Waals surface area contributed by atoms with E-state index in [9.17, 15) is 8.78 Å². The van der Waals surface area contributed by atoms with Gasteiger partial charge in [0.2, 0.25) is 0 Å². The van der Waals surface area contributed by atoms with Gasteiger partial charge in [-0.3, -0.25) is 0 Å². The summed E-state index contributed by atoms with van der Waals surface area (Å²) in [6.45, 7) is 4.82. The Balaban J connectivity index is 2.41. The van der Waals surface area contributed by atoms with Crippen molar-refractivity contribution in [1.82, 2.24) is 0 Å². The van der Waals surface area contributed by atoms with Gasteiger partial charge in [-0.2, -0.15) is 5.26 Å². The average molecular weight is 236 g/mol. The molecule has 1 aromatic carbocycles. The van der Waals surface area contributed by atoms with Crippen LogP contribution in [0, 0.1) is 28.9 Å². The van der Waals surface area contributed by atoms with Crippen molar-refractivity contribution in [3.8, 4) is 6.07 Å². The molecule has 2 rings (SSSR count). The van der Waals surface area contributed by atoms with Crippen molar-refractivity contribution in [2.75, 3.05) is 11.4 Å². The number of benzene rings is 1. The highest BCUT2D eigenvalue weighted by Crippen LogP contribution is 2.32. The minimum atomic E-state index is -1.04. The molecule has 1 fully saturated rings. The average Bonchev–Trinajstić information content (AvgIpc) is 2.62. The Morgan fingerprint density at radius 2 is 2.00 bits per heavy atom. The van der Waals surface area contributed by atoms with Gasteiger partial charge in [-0.15, -0.1) is 0 Å². The van der Waals surface area contributed by atoms with E-state index >= 15 is 0 Å². The lowest BCUT2D eigenvalue weighted by molar-refractivity contribution is 0.503. The molecule has 2 unspecified atom stereocenters. The Labute approximate surface area is 99.5 Å². The van der Waals surface area contributed by atoms with Crippen LogP contribution < -0.4 is 4.90 Å². The molecule has 1 aromatic rings. The molecule has 0 aromatic heterocycles. The van der Waals surface area contributed by atoms with Crippen LogP contribution >= 0.6 is 0 Å². The molecular weight excluding hydrogens is 222 g/mol. The number of rotatable bonds is 1. The maximum absolute atomic E-state index is 13.8. The first-order valence-electron chi connectivity index (χ1n) is 5.69. The third kappa shape index (κ3) is 1.97. The zero-order valence-electron chi connectivity index (χ0n) is 9.87. The van der Waals surface area contributed by atoms with E-state index < -0.39 is 11.6 Å². The van der Waals surface area contributed by atoms with Crippen molar-refractivity contribution in [2.24, 2.45) is 5.92 Å². The second-order valence-electron chi connectivity index (χ2n) is 4.71. The first kappa shape index (κ1) is 11.8. The molecule has 0 aliphatic carbocycles. The van der Waals surface area contributed by atoms with E-state index in [4.69, 9.17) is 5.26 Å². The van der Waals surface area contributed by atoms with Crippen LogP contribution in [0.3, 0.4) is 0 Å². The molecule has 0 spiro atoms. The van der Waals surface area contributed by atoms with Gasteiger partial charge in [-0.05, 0) is 31.4 Å². The number of hydrogen-bond donors (Lipinski definition) is 0. The van der Waals surface area contributed by atoms with Gasteiger partial charge in [0.05, 0.1) is 11.3 Å². The lowest BCUT2D eigenvalue weighted by Gasteiger charge is -2.24. The van der Waals surface area contributed by atoms with Crippen molar-refractivity contribution >= 4 is 5.69 Å². The molecule has 1 aliphatic heterocycles. The molecule has 4 heteroatoms. The van der Waals surface area contributed by atoms with Crippen LogP contribution in [0.1, 0.15) is 25.8 Å². The summed E-state index contributed by atoms with van der Waals surface area (Å²) in [6.07, 6.45) is 0.973. The minimum Gasteiger partial charge on any atom is -0.366 e. The molecular formula is C13H14F2N2. The molecule has 0 amide bonds. The second kappa shape index (κ2) is 4.33. The fourth-order valence-electron chi connectivity index (χ4n) is 2.48. The summed E-state index contributed by atoms with van der Waals surface area (Å²) in [4.78, 5) is 1.87. The van der Waals surface area contributed by atoms with Crippen molar-refractivity contribution < 1.29 is 8.78 Å². The van der Waals surface area contributed by atoms with E-state index in [1.54, 1.807) is 6.07 Å². The summed E-state index contributed by atoms with van der Waals surface area (Å²) in [5.74, 6) is -1.48. The number of nitriles is 1. The Bertz CT molecular complexity index is 479. The molecule has 1 saturated heterocycles. The third-order valence-corrected chi connectivity index (χ3v) is 3.28. The second-order valence-corrected chi connectivity index (χ2v) is 4.71. The zero-order valence-corrected chi connectivity index (χ0v) is 9.87. The summed E-state index contributed by atoms with van der Waals surface area (Å²) in [7, 11) is 0. The Hall–Kier alpha value is -1.63. The molecule has 2 nitrogen and oxygen atoms in total. The Morgan fingerprint density at radius 3 is 2.53 bits per heavy atom. The maximum atomic E-state index is 13.8. The van der Waals surface area contributed by atoms with Crippen LogP contribution in [0.4, 0.5) is 14.5 Å². The van der Waals surface area contributed by atoms with E-state index in [-0.39, 0.29) is 17.3 Å². The molecule has 0 N–H and O–H groups in total. The molecule has 0 radical (unpaired) electrons. The molecule has 17 heavy (non-hydrogen) atoms. The van der Waals surface area contributed by atoms with Gasteiger partial charge in [0.15, 0.2) is 11.6 Å². The SMILES string of the molecule is CC1CC(C)N(c2ccc(C#N)c(F)c2F)C1. The summed E-state index contributed by atoms with van der Waals surface area (Å²) < 4.78 is 27.3. The predicted molar refractivity (Wildman–Crippen MR) is 61.7 cm³/mol. The molecule has 90 valence electrons. The van der Waals surface area contributed by atoms with E-state index in [0.29, 0.717) is 5.92 Å². The van der Waals surface area contributed by atoms with E-state index in [1.807, 2.05) is 11.8 Å². The fourth-order valence-corrected chi connectivity index (χ4v) is 2.48. The normalized spacial score (nSPS) is 23.8. The molecule has 1 aliphatic rings. The van der Waals surface area contributed by atoms with Crippen LogP contribution in [0.25, 0.3) is 0 Å². The highest BCUT2D eigenvalue weighted by Gasteiger charge is 2.29. The molecule has 1 heterocycles. The molecule has 0 saturated carbocycles. The standard InChI is InChI=1S/C13H14F2N2/c1-8-5-9(2)17(7-8)11-4-3-10(6-16)12(14)13(11)15/h3-4,8-9H,5,7H2,1-2H3. The number of halogens is 2. The van der Waals surface area contributed by atoms with Gasteiger partial charge >= 0.3 is 0 Å². The van der Waals surface area contributed by atoms with Crippen molar-refractivity contribution in [2.45, 2.75) is 26.3 Å². The number of anilines is 1. The van der Waals surface area contributed by atoms with Gasteiger partial charge in [-0.25, -0.2) is 8.78 Å². The van der Waals surface area contributed by atoms with Crippen molar-refractivity contribution in [3.05, 3.63) is 29.3 Å². The maximum Gasteiger partial charge on any atom is 0.183 e. The van der Waals surface area contributed by atoms with Gasteiger partial charge in [0, 0.05) is 12.6 Å². The summed E-state index contributed by atoms with van der Waals surface area (Å²) in [6, 6.07) is 4.67. The largest absolute Gasteiger partial charge is 0.366 e. The molecule has 0 bridgehead atoms. The smallest absolute Gasteiger partial charge is 0.183 e. The van der Waals surface area contributed by atoms with E-state index in [2.05, 4.69) is 6.92 Å². The van der Waals surface area contributed by atoms with Gasteiger partial charge < -0.3 is 4.90 Å². The lowest BCUT2D eigenvalue weighted by Crippen LogP contribution is -2.28. The van der Waals surface area contributed by atoms with Crippen molar-refractivity contribution in [1.29, 1.82) is 5.26 Å². The first-order valence-corrected chi connectivity index (χ1v) is 5.69. The predicted octanol–water partition coefficient (Wildman–Crippen LogP) is 3.07. The first-order chi connectivity index (χ1) is 8.04. The summed E-state index contributed by atoms with van der Waals surface area (Å²) in [5.41, 5.74) is 0.0181. The van der Waals surface area contributed by atoms with Gasteiger partial charge in [0.1, 0.15) is 6.07 Å². The van der Waals surface area contributed by atoms with Gasteiger partial charge in [0.25, 0.3) is 0 Å². The Morgan fingerprint density at radius 1 is 1.29 bits per heavy atom. The highest BCUT2D eigenvalue weighted by molar-refractivity contribution is 5.53. The fraction of sp³-hybridized carbons (Fsp3) is 0.462. The van der Waals surface area contributed by atoms with Gasteiger partial charge in [-0.1, -0.05) is 6.92 Å². The third-order valence-electron chi connectivity index (χ3n) is 3.28. The summed E-state index contributed by atoms with van der Waals surface area (Å²) in [5, 5.41) is 8.62. The monoisotopic (exact) mass is 236 g/mol.